The van der Waals surface area contributed by atoms with Gasteiger partial charge in [-0.1, -0.05) is 30.3 Å². The number of aromatic carboxylic acids is 2. The molecule has 2 aromatic rings. The van der Waals surface area contributed by atoms with Crippen LogP contribution in [0.25, 0.3) is 11.1 Å². The summed E-state index contributed by atoms with van der Waals surface area (Å²) in [6, 6.07) is 9.58. The van der Waals surface area contributed by atoms with Gasteiger partial charge in [0.2, 0.25) is 0 Å². The molecule has 124 valence electrons. The van der Waals surface area contributed by atoms with Gasteiger partial charge in [0.15, 0.2) is 0 Å². The second-order valence-electron chi connectivity index (χ2n) is 5.18. The molecule has 0 spiro atoms. The Morgan fingerprint density at radius 1 is 0.958 bits per heavy atom. The minimum absolute atomic E-state index is 0.189. The summed E-state index contributed by atoms with van der Waals surface area (Å²) in [7, 11) is 0. The predicted molar refractivity (Wildman–Crippen MR) is 85.1 cm³/mol. The van der Waals surface area contributed by atoms with Crippen LogP contribution < -0.4 is 5.73 Å². The molecule has 0 heterocycles. The number of carboxylic acids is 3. The predicted octanol–water partition coefficient (Wildman–Crippen LogP) is 1.70. The molecule has 7 nitrogen and oxygen atoms in total. The normalized spacial score (nSPS) is 11.7. The van der Waals surface area contributed by atoms with Crippen LogP contribution in [-0.4, -0.2) is 39.3 Å². The highest BCUT2D eigenvalue weighted by atomic mass is 16.4. The fourth-order valence-corrected chi connectivity index (χ4v) is 2.39. The van der Waals surface area contributed by atoms with Crippen molar-refractivity contribution in [3.63, 3.8) is 0 Å². The van der Waals surface area contributed by atoms with Crippen LogP contribution in [0.3, 0.4) is 0 Å². The standard InChI is InChI=1S/C17H15NO6/c18-14(17(23)24)8-12-11(9-4-2-1-3-5-9)6-10(15(19)20)7-13(12)16(21)22/h1-7,14H,8,18H2,(H,19,20)(H,21,22)(H,23,24). The molecule has 0 saturated carbocycles. The summed E-state index contributed by atoms with van der Waals surface area (Å²) >= 11 is 0. The van der Waals surface area contributed by atoms with Gasteiger partial charge < -0.3 is 21.1 Å². The minimum atomic E-state index is -1.34. The summed E-state index contributed by atoms with van der Waals surface area (Å²) in [6.45, 7) is 0. The number of rotatable bonds is 6. The Kier molecular flexibility index (Phi) is 4.96. The summed E-state index contributed by atoms with van der Waals surface area (Å²) in [6.07, 6.45) is -0.235. The molecular weight excluding hydrogens is 314 g/mol. The molecule has 5 N–H and O–H groups in total. The van der Waals surface area contributed by atoms with E-state index in [1.54, 1.807) is 30.3 Å². The van der Waals surface area contributed by atoms with Gasteiger partial charge in [0.25, 0.3) is 0 Å². The summed E-state index contributed by atoms with van der Waals surface area (Å²) in [4.78, 5) is 33.9. The van der Waals surface area contributed by atoms with E-state index in [2.05, 4.69) is 0 Å². The van der Waals surface area contributed by atoms with E-state index >= 15 is 0 Å². The number of carboxylic acid groups (broad SMARTS) is 3. The molecule has 7 heteroatoms. The molecule has 0 radical (unpaired) electrons. The molecule has 0 aliphatic rings. The highest BCUT2D eigenvalue weighted by Gasteiger charge is 2.23. The Balaban J connectivity index is 2.74. The van der Waals surface area contributed by atoms with Crippen molar-refractivity contribution in [1.82, 2.24) is 0 Å². The number of benzene rings is 2. The molecule has 1 atom stereocenters. The van der Waals surface area contributed by atoms with E-state index in [-0.39, 0.29) is 23.1 Å². The van der Waals surface area contributed by atoms with Gasteiger partial charge in [0.05, 0.1) is 11.1 Å². The highest BCUT2D eigenvalue weighted by Crippen LogP contribution is 2.29. The fraction of sp³-hybridized carbons (Fsp3) is 0.118. The maximum atomic E-state index is 11.6. The quantitative estimate of drug-likeness (QED) is 0.632. The zero-order valence-electron chi connectivity index (χ0n) is 12.5. The minimum Gasteiger partial charge on any atom is -0.480 e. The lowest BCUT2D eigenvalue weighted by Gasteiger charge is -2.16. The van der Waals surface area contributed by atoms with E-state index < -0.39 is 23.9 Å². The number of hydrogen-bond donors (Lipinski definition) is 4. The molecule has 24 heavy (non-hydrogen) atoms. The molecule has 2 aromatic carbocycles. The van der Waals surface area contributed by atoms with E-state index in [0.29, 0.717) is 11.1 Å². The van der Waals surface area contributed by atoms with E-state index in [9.17, 15) is 24.6 Å². The Morgan fingerprint density at radius 2 is 1.58 bits per heavy atom. The molecule has 1 unspecified atom stereocenters. The van der Waals surface area contributed by atoms with Crippen LogP contribution in [0.4, 0.5) is 0 Å². The number of aliphatic carboxylic acids is 1. The first-order valence-corrected chi connectivity index (χ1v) is 6.98. The molecule has 0 fully saturated rings. The van der Waals surface area contributed by atoms with Gasteiger partial charge in [0, 0.05) is 0 Å². The lowest BCUT2D eigenvalue weighted by molar-refractivity contribution is -0.138. The maximum absolute atomic E-state index is 11.6. The molecule has 0 aromatic heterocycles. The highest BCUT2D eigenvalue weighted by molar-refractivity contribution is 5.98. The largest absolute Gasteiger partial charge is 0.480 e. The summed E-state index contributed by atoms with van der Waals surface area (Å²) < 4.78 is 0. The first-order valence-electron chi connectivity index (χ1n) is 6.98. The first kappa shape index (κ1) is 17.2. The van der Waals surface area contributed by atoms with Crippen molar-refractivity contribution in [2.45, 2.75) is 12.5 Å². The molecule has 0 aliphatic carbocycles. The van der Waals surface area contributed by atoms with Crippen molar-refractivity contribution < 1.29 is 29.7 Å². The van der Waals surface area contributed by atoms with Gasteiger partial charge in [-0.15, -0.1) is 0 Å². The van der Waals surface area contributed by atoms with E-state index in [4.69, 9.17) is 10.8 Å². The Hall–Kier alpha value is -3.19. The lowest BCUT2D eigenvalue weighted by atomic mass is 9.89. The Bertz CT molecular complexity index is 800. The van der Waals surface area contributed by atoms with Gasteiger partial charge in [-0.3, -0.25) is 4.79 Å². The smallest absolute Gasteiger partial charge is 0.336 e. The van der Waals surface area contributed by atoms with Crippen molar-refractivity contribution in [3.05, 3.63) is 59.2 Å². The van der Waals surface area contributed by atoms with Crippen LogP contribution in [0.2, 0.25) is 0 Å². The van der Waals surface area contributed by atoms with E-state index in [1.807, 2.05) is 0 Å². The average molecular weight is 329 g/mol. The van der Waals surface area contributed by atoms with Gasteiger partial charge in [-0.25, -0.2) is 9.59 Å². The van der Waals surface area contributed by atoms with Gasteiger partial charge in [0.1, 0.15) is 6.04 Å². The van der Waals surface area contributed by atoms with Crippen molar-refractivity contribution in [2.75, 3.05) is 0 Å². The van der Waals surface area contributed by atoms with Crippen molar-refractivity contribution in [1.29, 1.82) is 0 Å². The van der Waals surface area contributed by atoms with Gasteiger partial charge in [-0.2, -0.15) is 0 Å². The van der Waals surface area contributed by atoms with Crippen LogP contribution >= 0.6 is 0 Å². The van der Waals surface area contributed by atoms with Crippen LogP contribution in [0, 0.1) is 0 Å². The van der Waals surface area contributed by atoms with Crippen LogP contribution in [0.1, 0.15) is 26.3 Å². The van der Waals surface area contributed by atoms with Crippen LogP contribution in [-0.2, 0) is 11.2 Å². The SMILES string of the molecule is NC(Cc1c(C(=O)O)cc(C(=O)O)cc1-c1ccccc1)C(=O)O. The van der Waals surface area contributed by atoms with Crippen LogP contribution in [0.5, 0.6) is 0 Å². The zero-order valence-corrected chi connectivity index (χ0v) is 12.5. The lowest BCUT2D eigenvalue weighted by Crippen LogP contribution is -2.33. The molecule has 0 bridgehead atoms. The molecule has 0 amide bonds. The average Bonchev–Trinajstić information content (AvgIpc) is 2.55. The zero-order chi connectivity index (χ0) is 17.9. The van der Waals surface area contributed by atoms with E-state index in [1.165, 1.54) is 6.07 Å². The first-order chi connectivity index (χ1) is 11.3. The monoisotopic (exact) mass is 329 g/mol. The molecule has 2 rings (SSSR count). The van der Waals surface area contributed by atoms with Crippen molar-refractivity contribution in [2.24, 2.45) is 5.73 Å². The number of nitrogens with two attached hydrogens (primary N) is 1. The van der Waals surface area contributed by atoms with Crippen molar-refractivity contribution >= 4 is 17.9 Å². The Morgan fingerprint density at radius 3 is 2.08 bits per heavy atom. The number of carbonyl (C=O) groups is 3. The van der Waals surface area contributed by atoms with E-state index in [0.717, 1.165) is 6.07 Å². The number of hydrogen-bond acceptors (Lipinski definition) is 4. The fourth-order valence-electron chi connectivity index (χ4n) is 2.39. The van der Waals surface area contributed by atoms with Gasteiger partial charge in [-0.05, 0) is 35.2 Å². The maximum Gasteiger partial charge on any atom is 0.336 e. The molecule has 0 aliphatic heterocycles. The molecular formula is C17H15NO6. The third-order valence-electron chi connectivity index (χ3n) is 3.55. The summed E-state index contributed by atoms with van der Waals surface area (Å²) in [5.74, 6) is -3.89. The second kappa shape index (κ2) is 6.93. The third-order valence-corrected chi connectivity index (χ3v) is 3.55. The van der Waals surface area contributed by atoms with Gasteiger partial charge >= 0.3 is 17.9 Å². The second-order valence-corrected chi connectivity index (χ2v) is 5.18. The Labute approximate surface area is 137 Å². The topological polar surface area (TPSA) is 138 Å². The van der Waals surface area contributed by atoms with Crippen LogP contribution in [0.15, 0.2) is 42.5 Å². The third kappa shape index (κ3) is 3.58. The summed E-state index contributed by atoms with van der Waals surface area (Å²) in [5, 5.41) is 27.6. The molecule has 0 saturated heterocycles. The van der Waals surface area contributed by atoms with Crippen molar-refractivity contribution in [3.8, 4) is 11.1 Å². The summed E-state index contributed by atoms with van der Waals surface area (Å²) in [5.41, 5.74) is 6.19.